The molecule has 0 bridgehead atoms. The Morgan fingerprint density at radius 3 is 2.72 bits per heavy atom. The number of esters is 1. The van der Waals surface area contributed by atoms with Gasteiger partial charge in [-0.05, 0) is 77.4 Å². The number of methoxy groups -OCH3 is 1. The molecule has 0 unspecified atom stereocenters. The standard InChI is InChI=1S/C20H28INO2S/c1-4-22-10-9-15(16-11-18(21)25-19(16)20(23)24-3)17(12-22)14-7-5-13(2)6-8-14/h11,13-14H,4-10,12H2,1-3H3. The van der Waals surface area contributed by atoms with Crippen LogP contribution in [0.2, 0.25) is 0 Å². The number of carbonyl (C=O) groups excluding carboxylic acids is 1. The second kappa shape index (κ2) is 8.53. The Balaban J connectivity index is 2.01. The third-order valence-corrected chi connectivity index (χ3v) is 7.69. The van der Waals surface area contributed by atoms with E-state index in [4.69, 9.17) is 4.74 Å². The van der Waals surface area contributed by atoms with Crippen molar-refractivity contribution >= 4 is 45.5 Å². The summed E-state index contributed by atoms with van der Waals surface area (Å²) in [6.07, 6.45) is 6.31. The second-order valence-electron chi connectivity index (χ2n) is 7.36. The Bertz CT molecular complexity index is 659. The summed E-state index contributed by atoms with van der Waals surface area (Å²) in [6, 6.07) is 2.19. The molecule has 2 heterocycles. The Labute approximate surface area is 169 Å². The SMILES string of the molecule is CCN1CCC(c2cc(I)sc2C(=O)OC)=C(C2CCC(C)CC2)C1. The molecule has 0 radical (unpaired) electrons. The highest BCUT2D eigenvalue weighted by Gasteiger charge is 2.30. The fourth-order valence-electron chi connectivity index (χ4n) is 4.24. The van der Waals surface area contributed by atoms with Crippen LogP contribution in [0.3, 0.4) is 0 Å². The molecule has 138 valence electrons. The van der Waals surface area contributed by atoms with Crippen LogP contribution in [0, 0.1) is 14.7 Å². The number of halogens is 1. The number of thiophene rings is 1. The van der Waals surface area contributed by atoms with Gasteiger partial charge in [0.1, 0.15) is 4.88 Å². The molecule has 0 atom stereocenters. The summed E-state index contributed by atoms with van der Waals surface area (Å²) in [7, 11) is 1.48. The second-order valence-corrected chi connectivity index (χ2v) is 10.3. The normalized spacial score (nSPS) is 25.3. The summed E-state index contributed by atoms with van der Waals surface area (Å²) >= 11 is 3.89. The van der Waals surface area contributed by atoms with Crippen LogP contribution in [0.1, 0.15) is 61.2 Å². The Morgan fingerprint density at radius 2 is 2.08 bits per heavy atom. The molecule has 1 aromatic rings. The number of hydrogen-bond donors (Lipinski definition) is 0. The van der Waals surface area contributed by atoms with Crippen molar-refractivity contribution in [2.75, 3.05) is 26.7 Å². The highest BCUT2D eigenvalue weighted by molar-refractivity contribution is 14.1. The van der Waals surface area contributed by atoms with Gasteiger partial charge in [0.2, 0.25) is 0 Å². The molecule has 25 heavy (non-hydrogen) atoms. The largest absolute Gasteiger partial charge is 0.465 e. The Hall–Kier alpha value is -0.400. The molecule has 1 aliphatic carbocycles. The molecule has 1 fully saturated rings. The summed E-state index contributed by atoms with van der Waals surface area (Å²) in [5.41, 5.74) is 4.17. The van der Waals surface area contributed by atoms with Crippen molar-refractivity contribution in [3.05, 3.63) is 25.0 Å². The first-order chi connectivity index (χ1) is 12.0. The first-order valence-electron chi connectivity index (χ1n) is 9.35. The van der Waals surface area contributed by atoms with Gasteiger partial charge in [-0.1, -0.05) is 26.7 Å². The van der Waals surface area contributed by atoms with Crippen LogP contribution >= 0.6 is 33.9 Å². The van der Waals surface area contributed by atoms with Crippen LogP contribution in [-0.2, 0) is 4.74 Å². The van der Waals surface area contributed by atoms with Crippen LogP contribution in [0.5, 0.6) is 0 Å². The molecule has 2 aliphatic rings. The summed E-state index contributed by atoms with van der Waals surface area (Å²) in [5.74, 6) is 1.35. The molecular formula is C20H28INO2S. The number of nitrogens with zero attached hydrogens (tertiary/aromatic N) is 1. The van der Waals surface area contributed by atoms with Crippen LogP contribution < -0.4 is 0 Å². The van der Waals surface area contributed by atoms with Crippen molar-refractivity contribution in [2.45, 2.75) is 46.0 Å². The maximum Gasteiger partial charge on any atom is 0.348 e. The van der Waals surface area contributed by atoms with Gasteiger partial charge in [0.25, 0.3) is 0 Å². The van der Waals surface area contributed by atoms with E-state index in [9.17, 15) is 4.79 Å². The van der Waals surface area contributed by atoms with Gasteiger partial charge in [0.15, 0.2) is 0 Å². The minimum absolute atomic E-state index is 0.190. The molecule has 3 nitrogen and oxygen atoms in total. The number of hydrogen-bond acceptors (Lipinski definition) is 4. The van der Waals surface area contributed by atoms with Crippen LogP contribution in [0.4, 0.5) is 0 Å². The number of carbonyl (C=O) groups is 1. The lowest BCUT2D eigenvalue weighted by Gasteiger charge is -2.36. The summed E-state index contributed by atoms with van der Waals surface area (Å²) in [6.45, 7) is 7.88. The lowest BCUT2D eigenvalue weighted by atomic mass is 9.75. The van der Waals surface area contributed by atoms with Crippen molar-refractivity contribution in [2.24, 2.45) is 11.8 Å². The lowest BCUT2D eigenvalue weighted by Crippen LogP contribution is -2.34. The van der Waals surface area contributed by atoms with Crippen molar-refractivity contribution < 1.29 is 9.53 Å². The average Bonchev–Trinajstić information content (AvgIpc) is 3.02. The predicted molar refractivity (Wildman–Crippen MR) is 113 cm³/mol. The molecule has 5 heteroatoms. The van der Waals surface area contributed by atoms with Crippen molar-refractivity contribution in [3.8, 4) is 0 Å². The fourth-order valence-corrected chi connectivity index (χ4v) is 6.04. The number of ether oxygens (including phenoxy) is 1. The van der Waals surface area contributed by atoms with Gasteiger partial charge in [-0.25, -0.2) is 4.79 Å². The molecule has 1 aliphatic heterocycles. The molecule has 0 saturated heterocycles. The van der Waals surface area contributed by atoms with Gasteiger partial charge in [0.05, 0.1) is 9.99 Å². The van der Waals surface area contributed by atoms with E-state index in [1.165, 1.54) is 38.4 Å². The minimum atomic E-state index is -0.190. The highest BCUT2D eigenvalue weighted by Crippen LogP contribution is 2.42. The monoisotopic (exact) mass is 473 g/mol. The zero-order valence-electron chi connectivity index (χ0n) is 15.4. The lowest BCUT2D eigenvalue weighted by molar-refractivity contribution is 0.0606. The van der Waals surface area contributed by atoms with E-state index >= 15 is 0 Å². The van der Waals surface area contributed by atoms with E-state index in [1.54, 1.807) is 16.9 Å². The minimum Gasteiger partial charge on any atom is -0.465 e. The maximum atomic E-state index is 12.3. The van der Waals surface area contributed by atoms with Gasteiger partial charge >= 0.3 is 5.97 Å². The van der Waals surface area contributed by atoms with E-state index in [-0.39, 0.29) is 5.97 Å². The topological polar surface area (TPSA) is 29.5 Å². The van der Waals surface area contributed by atoms with Gasteiger partial charge < -0.3 is 4.74 Å². The van der Waals surface area contributed by atoms with E-state index in [0.29, 0.717) is 5.92 Å². The maximum absolute atomic E-state index is 12.3. The number of rotatable bonds is 4. The third kappa shape index (κ3) is 4.30. The highest BCUT2D eigenvalue weighted by atomic mass is 127. The van der Waals surface area contributed by atoms with Gasteiger partial charge in [-0.3, -0.25) is 4.90 Å². The van der Waals surface area contributed by atoms with Crippen LogP contribution in [-0.4, -0.2) is 37.6 Å². The van der Waals surface area contributed by atoms with Crippen LogP contribution in [0.25, 0.3) is 5.57 Å². The molecule has 3 rings (SSSR count). The van der Waals surface area contributed by atoms with Gasteiger partial charge in [0, 0.05) is 18.7 Å². The third-order valence-electron chi connectivity index (χ3n) is 5.81. The molecule has 0 amide bonds. The van der Waals surface area contributed by atoms with E-state index in [1.807, 2.05) is 0 Å². The van der Waals surface area contributed by atoms with Crippen LogP contribution in [0.15, 0.2) is 11.6 Å². The van der Waals surface area contributed by atoms with Crippen molar-refractivity contribution in [3.63, 3.8) is 0 Å². The quantitative estimate of drug-likeness (QED) is 0.431. The van der Waals surface area contributed by atoms with E-state index in [0.717, 1.165) is 45.3 Å². The molecule has 1 aromatic heterocycles. The summed E-state index contributed by atoms with van der Waals surface area (Å²) in [5, 5.41) is 0. The van der Waals surface area contributed by atoms with Gasteiger partial charge in [-0.15, -0.1) is 11.3 Å². The summed E-state index contributed by atoms with van der Waals surface area (Å²) < 4.78 is 6.22. The molecular weight excluding hydrogens is 445 g/mol. The first kappa shape index (κ1) is 19.4. The van der Waals surface area contributed by atoms with E-state index < -0.39 is 0 Å². The Kier molecular flexibility index (Phi) is 6.60. The molecule has 1 saturated carbocycles. The molecule has 0 aromatic carbocycles. The van der Waals surface area contributed by atoms with Crippen molar-refractivity contribution in [1.29, 1.82) is 0 Å². The Morgan fingerprint density at radius 1 is 1.36 bits per heavy atom. The zero-order valence-corrected chi connectivity index (χ0v) is 18.4. The molecule has 0 spiro atoms. The van der Waals surface area contributed by atoms with E-state index in [2.05, 4.69) is 47.4 Å². The zero-order chi connectivity index (χ0) is 18.0. The average molecular weight is 473 g/mol. The first-order valence-corrected chi connectivity index (χ1v) is 11.2. The molecule has 0 N–H and O–H groups in total. The number of likely N-dealkylation sites (N-methyl/N-ethyl adjacent to an activating group) is 1. The van der Waals surface area contributed by atoms with Gasteiger partial charge in [-0.2, -0.15) is 0 Å². The predicted octanol–water partition coefficient (Wildman–Crippen LogP) is 5.44. The summed E-state index contributed by atoms with van der Waals surface area (Å²) in [4.78, 5) is 15.6. The van der Waals surface area contributed by atoms with Crippen molar-refractivity contribution in [1.82, 2.24) is 4.90 Å². The fraction of sp³-hybridized carbons (Fsp3) is 0.650. The smallest absolute Gasteiger partial charge is 0.348 e.